The zero-order chi connectivity index (χ0) is 14.8. The summed E-state index contributed by atoms with van der Waals surface area (Å²) >= 11 is 12.3. The highest BCUT2D eigenvalue weighted by atomic mass is 35.5. The molecule has 2 aromatic carbocycles. The minimum Gasteiger partial charge on any atom is -0.491 e. The topological polar surface area (TPSA) is 21.3 Å². The quantitative estimate of drug-likeness (QED) is 0.839. The second kappa shape index (κ2) is 6.27. The monoisotopic (exact) mass is 321 g/mol. The minimum absolute atomic E-state index is 0.175. The van der Waals surface area contributed by atoms with E-state index in [4.69, 9.17) is 27.9 Å². The molecule has 0 spiro atoms. The van der Waals surface area contributed by atoms with Crippen molar-refractivity contribution in [3.63, 3.8) is 0 Å². The van der Waals surface area contributed by atoms with E-state index in [1.807, 2.05) is 30.3 Å². The maximum Gasteiger partial charge on any atom is 0.124 e. The summed E-state index contributed by atoms with van der Waals surface area (Å²) in [7, 11) is 0. The number of hydrogen-bond donors (Lipinski definition) is 1. The van der Waals surface area contributed by atoms with Gasteiger partial charge in [0, 0.05) is 21.7 Å². The average molecular weight is 322 g/mol. The third-order valence-corrected chi connectivity index (χ3v) is 4.41. The highest BCUT2D eigenvalue weighted by Crippen LogP contribution is 2.35. The summed E-state index contributed by atoms with van der Waals surface area (Å²) in [4.78, 5) is 0. The molecular weight excluding hydrogens is 305 g/mol. The van der Waals surface area contributed by atoms with Gasteiger partial charge in [-0.05, 0) is 30.2 Å². The minimum atomic E-state index is 0.175. The summed E-state index contributed by atoms with van der Waals surface area (Å²) in [5, 5.41) is 5.01. The lowest BCUT2D eigenvalue weighted by atomic mass is 10.0. The second-order valence-corrected chi connectivity index (χ2v) is 6.04. The third-order valence-electron chi connectivity index (χ3n) is 3.85. The van der Waals surface area contributed by atoms with Gasteiger partial charge in [0.05, 0.1) is 6.04 Å². The summed E-state index contributed by atoms with van der Waals surface area (Å²) in [6, 6.07) is 14.2. The van der Waals surface area contributed by atoms with Crippen molar-refractivity contribution in [3.05, 3.63) is 63.6 Å². The first-order valence-electron chi connectivity index (χ1n) is 7.11. The molecule has 2 aromatic rings. The lowest BCUT2D eigenvalue weighted by molar-refractivity contribution is 0.296. The van der Waals surface area contributed by atoms with Crippen LogP contribution >= 0.6 is 23.2 Å². The molecule has 1 heterocycles. The van der Waals surface area contributed by atoms with Gasteiger partial charge in [0.1, 0.15) is 12.4 Å². The van der Waals surface area contributed by atoms with Crippen molar-refractivity contribution < 1.29 is 4.74 Å². The first-order chi connectivity index (χ1) is 10.2. The maximum absolute atomic E-state index is 6.33. The molecule has 21 heavy (non-hydrogen) atoms. The van der Waals surface area contributed by atoms with Crippen LogP contribution in [0, 0.1) is 0 Å². The smallest absolute Gasteiger partial charge is 0.124 e. The van der Waals surface area contributed by atoms with Crippen molar-refractivity contribution in [1.82, 2.24) is 5.32 Å². The van der Waals surface area contributed by atoms with E-state index in [1.165, 1.54) is 5.56 Å². The molecular formula is C17H17Cl2NO. The van der Waals surface area contributed by atoms with Crippen LogP contribution in [0.15, 0.2) is 42.5 Å². The Morgan fingerprint density at radius 1 is 1.24 bits per heavy atom. The van der Waals surface area contributed by atoms with Crippen LogP contribution in [0.5, 0.6) is 5.75 Å². The molecule has 0 aromatic heterocycles. The highest BCUT2D eigenvalue weighted by molar-refractivity contribution is 6.35. The van der Waals surface area contributed by atoms with Gasteiger partial charge < -0.3 is 10.1 Å². The van der Waals surface area contributed by atoms with Gasteiger partial charge >= 0.3 is 0 Å². The predicted molar refractivity (Wildman–Crippen MR) is 87.3 cm³/mol. The first kappa shape index (κ1) is 14.7. The number of ether oxygens (including phenoxy) is 1. The lowest BCUT2D eigenvalue weighted by Gasteiger charge is -2.22. The van der Waals surface area contributed by atoms with Crippen molar-refractivity contribution in [2.45, 2.75) is 25.4 Å². The lowest BCUT2D eigenvalue weighted by Crippen LogP contribution is -2.27. The van der Waals surface area contributed by atoms with Crippen LogP contribution in [0.3, 0.4) is 0 Å². The Morgan fingerprint density at radius 2 is 2.05 bits per heavy atom. The van der Waals surface area contributed by atoms with Gasteiger partial charge in [0.2, 0.25) is 0 Å². The van der Waals surface area contributed by atoms with Crippen LogP contribution in [-0.2, 0) is 0 Å². The third kappa shape index (κ3) is 3.03. The fourth-order valence-corrected chi connectivity index (χ4v) is 3.30. The molecule has 1 N–H and O–H groups in total. The molecule has 1 aliphatic rings. The molecule has 0 saturated carbocycles. The van der Waals surface area contributed by atoms with Crippen molar-refractivity contribution in [3.8, 4) is 5.75 Å². The SMILES string of the molecule is CCC(NC1COc2ccccc21)c1ccc(Cl)cc1Cl. The molecule has 4 heteroatoms. The van der Waals surface area contributed by atoms with Crippen molar-refractivity contribution in [2.75, 3.05) is 6.61 Å². The van der Waals surface area contributed by atoms with E-state index >= 15 is 0 Å². The summed E-state index contributed by atoms with van der Waals surface area (Å²) in [5.41, 5.74) is 2.29. The van der Waals surface area contributed by atoms with Crippen LogP contribution in [0.1, 0.15) is 36.6 Å². The number of para-hydroxylation sites is 1. The maximum atomic E-state index is 6.33. The van der Waals surface area contributed by atoms with Crippen LogP contribution in [0.2, 0.25) is 10.0 Å². The van der Waals surface area contributed by atoms with E-state index in [2.05, 4.69) is 18.3 Å². The largest absolute Gasteiger partial charge is 0.491 e. The Kier molecular flexibility index (Phi) is 4.39. The summed E-state index contributed by atoms with van der Waals surface area (Å²) < 4.78 is 5.73. The Balaban J connectivity index is 1.83. The Bertz CT molecular complexity index is 644. The van der Waals surface area contributed by atoms with Crippen LogP contribution in [-0.4, -0.2) is 6.61 Å². The normalized spacial score (nSPS) is 18.1. The van der Waals surface area contributed by atoms with Crippen molar-refractivity contribution in [1.29, 1.82) is 0 Å². The molecule has 0 fully saturated rings. The van der Waals surface area contributed by atoms with Gasteiger partial charge in [0.15, 0.2) is 0 Å². The van der Waals surface area contributed by atoms with E-state index in [1.54, 1.807) is 6.07 Å². The number of halogens is 2. The Hall–Kier alpha value is -1.22. The van der Waals surface area contributed by atoms with Gasteiger partial charge in [-0.25, -0.2) is 0 Å². The summed E-state index contributed by atoms with van der Waals surface area (Å²) in [5.74, 6) is 0.965. The molecule has 2 unspecified atom stereocenters. The van der Waals surface area contributed by atoms with E-state index in [0.29, 0.717) is 16.7 Å². The summed E-state index contributed by atoms with van der Waals surface area (Å²) in [6.45, 7) is 2.80. The molecule has 2 nitrogen and oxygen atoms in total. The van der Waals surface area contributed by atoms with Crippen LogP contribution in [0.25, 0.3) is 0 Å². The number of fused-ring (bicyclic) bond motifs is 1. The number of nitrogens with one attached hydrogen (secondary N) is 1. The van der Waals surface area contributed by atoms with Gasteiger partial charge in [-0.15, -0.1) is 0 Å². The standard InChI is InChI=1S/C17H17Cl2NO/c1-2-15(12-8-7-11(18)9-14(12)19)20-16-10-21-17-6-4-3-5-13(16)17/h3-9,15-16,20H,2,10H2,1H3. The molecule has 0 bridgehead atoms. The fraction of sp³-hybridized carbons (Fsp3) is 0.294. The number of hydrogen-bond acceptors (Lipinski definition) is 2. The van der Waals surface area contributed by atoms with Crippen molar-refractivity contribution >= 4 is 23.2 Å². The number of rotatable bonds is 4. The van der Waals surface area contributed by atoms with E-state index in [0.717, 1.165) is 17.7 Å². The van der Waals surface area contributed by atoms with Crippen molar-refractivity contribution in [2.24, 2.45) is 0 Å². The van der Waals surface area contributed by atoms with Gasteiger partial charge in [-0.3, -0.25) is 0 Å². The zero-order valence-corrected chi connectivity index (χ0v) is 13.3. The fourth-order valence-electron chi connectivity index (χ4n) is 2.76. The molecule has 110 valence electrons. The van der Waals surface area contributed by atoms with Crippen LogP contribution < -0.4 is 10.1 Å². The zero-order valence-electron chi connectivity index (χ0n) is 11.8. The Morgan fingerprint density at radius 3 is 2.81 bits per heavy atom. The van der Waals surface area contributed by atoms with Gasteiger partial charge in [-0.2, -0.15) is 0 Å². The van der Waals surface area contributed by atoms with Gasteiger partial charge in [0.25, 0.3) is 0 Å². The predicted octanol–water partition coefficient (Wildman–Crippen LogP) is 5.17. The van der Waals surface area contributed by atoms with E-state index < -0.39 is 0 Å². The molecule has 1 aliphatic heterocycles. The van der Waals surface area contributed by atoms with Gasteiger partial charge in [-0.1, -0.05) is 54.4 Å². The summed E-state index contributed by atoms with van der Waals surface area (Å²) in [6.07, 6.45) is 0.944. The molecule has 2 atom stereocenters. The molecule has 0 saturated heterocycles. The molecule has 0 aliphatic carbocycles. The molecule has 3 rings (SSSR count). The Labute approximate surface area is 135 Å². The second-order valence-electron chi connectivity index (χ2n) is 5.19. The van der Waals surface area contributed by atoms with Crippen LogP contribution in [0.4, 0.5) is 0 Å². The average Bonchev–Trinajstić information content (AvgIpc) is 2.89. The molecule has 0 amide bonds. The highest BCUT2D eigenvalue weighted by Gasteiger charge is 2.26. The molecule has 0 radical (unpaired) electrons. The van der Waals surface area contributed by atoms with E-state index in [9.17, 15) is 0 Å². The van der Waals surface area contributed by atoms with E-state index in [-0.39, 0.29) is 12.1 Å². The first-order valence-corrected chi connectivity index (χ1v) is 7.87. The number of benzene rings is 2.